The molecule has 0 saturated carbocycles. The fourth-order valence-electron chi connectivity index (χ4n) is 12.0. The van der Waals surface area contributed by atoms with Gasteiger partial charge in [0.05, 0.1) is 32.1 Å². The lowest BCUT2D eigenvalue weighted by Gasteiger charge is -2.32. The maximum atomic E-state index is 2.56. The second kappa shape index (κ2) is 17.7. The van der Waals surface area contributed by atoms with Gasteiger partial charge in [0, 0.05) is 53.1 Å². The minimum Gasteiger partial charge on any atom is -0.308 e. The molecule has 14 aromatic rings. The summed E-state index contributed by atoms with van der Waals surface area (Å²) in [5.41, 5.74) is 14.7. The normalized spacial score (nSPS) is 12.0. The molecule has 0 fully saturated rings. The topological polar surface area (TPSA) is 6.48 Å². The Hall–Kier alpha value is -8.28. The third-order valence-corrected chi connectivity index (χ3v) is 17.9. The van der Waals surface area contributed by atoms with E-state index >= 15 is 0 Å². The van der Waals surface area contributed by atoms with Crippen LogP contribution in [0.15, 0.2) is 231 Å². The largest absolute Gasteiger partial charge is 0.308 e. The second-order valence-corrected chi connectivity index (χ2v) is 22.3. The number of nitrogens with zero attached hydrogens (tertiary/aromatic N) is 2. The highest BCUT2D eigenvalue weighted by Gasteiger charge is 2.28. The molecule has 0 saturated heterocycles. The fourth-order valence-corrected chi connectivity index (χ4v) is 14.6. The van der Waals surface area contributed by atoms with Gasteiger partial charge in [-0.05, 0) is 115 Å². The molecule has 12 aromatic carbocycles. The van der Waals surface area contributed by atoms with Crippen LogP contribution in [0, 0.1) is 0 Å². The number of thiophene rings is 2. The van der Waals surface area contributed by atoms with Gasteiger partial charge in [-0.1, -0.05) is 210 Å². The van der Waals surface area contributed by atoms with Crippen molar-refractivity contribution in [2.24, 2.45) is 0 Å². The zero-order valence-electron chi connectivity index (χ0n) is 41.8. The first-order valence-electron chi connectivity index (χ1n) is 25.9. The van der Waals surface area contributed by atoms with Gasteiger partial charge in [0.1, 0.15) is 0 Å². The van der Waals surface area contributed by atoms with E-state index in [0.717, 1.165) is 11.4 Å². The zero-order chi connectivity index (χ0) is 49.6. The van der Waals surface area contributed by atoms with E-state index in [-0.39, 0.29) is 11.8 Å². The van der Waals surface area contributed by atoms with Crippen LogP contribution < -0.4 is 9.80 Å². The van der Waals surface area contributed by atoms with Crippen LogP contribution >= 0.6 is 22.7 Å². The summed E-state index contributed by atoms with van der Waals surface area (Å²) in [6.45, 7) is 9.43. The summed E-state index contributed by atoms with van der Waals surface area (Å²) >= 11 is 3.83. The highest BCUT2D eigenvalue weighted by molar-refractivity contribution is 7.27. The summed E-state index contributed by atoms with van der Waals surface area (Å²) in [5, 5.41) is 12.9. The Bertz CT molecular complexity index is 4130. The van der Waals surface area contributed by atoms with Crippen LogP contribution in [0.3, 0.4) is 0 Å². The molecule has 354 valence electrons. The Balaban J connectivity index is 1.06. The summed E-state index contributed by atoms with van der Waals surface area (Å²) in [7, 11) is 0. The van der Waals surface area contributed by atoms with Crippen LogP contribution in [0.25, 0.3) is 94.9 Å². The van der Waals surface area contributed by atoms with E-state index in [4.69, 9.17) is 0 Å². The van der Waals surface area contributed by atoms with E-state index in [1.807, 2.05) is 22.7 Å². The van der Waals surface area contributed by atoms with Gasteiger partial charge < -0.3 is 9.80 Å². The first-order chi connectivity index (χ1) is 36.4. The average Bonchev–Trinajstić information content (AvgIpc) is 4.04. The predicted octanol–water partition coefficient (Wildman–Crippen LogP) is 21.8. The molecule has 0 N–H and O–H groups in total. The molecular formula is C70H52N2S2. The molecule has 0 aliphatic rings. The summed E-state index contributed by atoms with van der Waals surface area (Å²) < 4.78 is 5.18. The van der Waals surface area contributed by atoms with Crippen molar-refractivity contribution in [1.29, 1.82) is 0 Å². The predicted molar refractivity (Wildman–Crippen MR) is 324 cm³/mol. The molecule has 74 heavy (non-hydrogen) atoms. The Morgan fingerprint density at radius 1 is 0.284 bits per heavy atom. The van der Waals surface area contributed by atoms with Gasteiger partial charge in [0.2, 0.25) is 0 Å². The van der Waals surface area contributed by atoms with E-state index in [1.54, 1.807) is 0 Å². The highest BCUT2D eigenvalue weighted by atomic mass is 32.1. The summed E-state index contributed by atoms with van der Waals surface area (Å²) in [6, 6.07) is 85.9. The van der Waals surface area contributed by atoms with Crippen molar-refractivity contribution < 1.29 is 0 Å². The van der Waals surface area contributed by atoms with Crippen molar-refractivity contribution in [3.05, 3.63) is 242 Å². The SMILES string of the molecule is CC(C)c1cc(N(c2ccccc2)c2cccc3c2sc2c(-c4ccccc4)cccc23)c2ccc3c(C(C)C)cc(N(c4ccccc4)c4cccc5c4sc4c(-c6ccccc6)cccc45)c4ccc1c2c34. The number of fused-ring (bicyclic) bond motifs is 6. The van der Waals surface area contributed by atoms with E-state index < -0.39 is 0 Å². The minimum absolute atomic E-state index is 0.265. The van der Waals surface area contributed by atoms with Crippen LogP contribution in [0.4, 0.5) is 34.1 Å². The molecule has 14 rings (SSSR count). The smallest absolute Gasteiger partial charge is 0.0640 e. The molecule has 0 spiro atoms. The van der Waals surface area contributed by atoms with Crippen molar-refractivity contribution in [3.8, 4) is 22.3 Å². The molecule has 2 aromatic heterocycles. The Kier molecular flexibility index (Phi) is 10.6. The lowest BCUT2D eigenvalue weighted by atomic mass is 9.84. The average molecular weight is 985 g/mol. The van der Waals surface area contributed by atoms with Crippen LogP contribution in [-0.2, 0) is 0 Å². The third kappa shape index (κ3) is 6.96. The Labute approximate surface area is 440 Å². The van der Waals surface area contributed by atoms with Gasteiger partial charge in [0.15, 0.2) is 0 Å². The van der Waals surface area contributed by atoms with Crippen molar-refractivity contribution in [2.75, 3.05) is 9.80 Å². The second-order valence-electron chi connectivity index (χ2n) is 20.3. The van der Waals surface area contributed by atoms with Crippen molar-refractivity contribution in [1.82, 2.24) is 0 Å². The van der Waals surface area contributed by atoms with E-state index in [1.165, 1.54) is 129 Å². The minimum atomic E-state index is 0.265. The molecule has 0 radical (unpaired) electrons. The monoisotopic (exact) mass is 984 g/mol. The lowest BCUT2D eigenvalue weighted by molar-refractivity contribution is 0.875. The van der Waals surface area contributed by atoms with E-state index in [9.17, 15) is 0 Å². The van der Waals surface area contributed by atoms with Crippen molar-refractivity contribution in [3.63, 3.8) is 0 Å². The molecule has 0 aliphatic carbocycles. The van der Waals surface area contributed by atoms with Gasteiger partial charge in [-0.15, -0.1) is 22.7 Å². The molecule has 4 heteroatoms. The number of para-hydroxylation sites is 2. The molecule has 2 heterocycles. The van der Waals surface area contributed by atoms with Crippen molar-refractivity contribution >= 4 is 129 Å². The number of benzene rings is 12. The Morgan fingerprint density at radius 2 is 0.622 bits per heavy atom. The molecule has 2 nitrogen and oxygen atoms in total. The lowest BCUT2D eigenvalue weighted by Crippen LogP contribution is -2.13. The summed E-state index contributed by atoms with van der Waals surface area (Å²) in [4.78, 5) is 5.12. The van der Waals surface area contributed by atoms with Gasteiger partial charge in [-0.3, -0.25) is 0 Å². The van der Waals surface area contributed by atoms with Crippen molar-refractivity contribution in [2.45, 2.75) is 39.5 Å². The molecule has 0 atom stereocenters. The maximum Gasteiger partial charge on any atom is 0.0640 e. The molecular weight excluding hydrogens is 933 g/mol. The van der Waals surface area contributed by atoms with Crippen LogP contribution in [-0.4, -0.2) is 0 Å². The summed E-state index contributed by atoms with van der Waals surface area (Å²) in [6.07, 6.45) is 0. The zero-order valence-corrected chi connectivity index (χ0v) is 43.4. The first kappa shape index (κ1) is 44.4. The molecule has 0 aliphatic heterocycles. The fraction of sp³-hybridized carbons (Fsp3) is 0.0857. The van der Waals surface area contributed by atoms with Gasteiger partial charge >= 0.3 is 0 Å². The van der Waals surface area contributed by atoms with E-state index in [0.29, 0.717) is 0 Å². The number of rotatable bonds is 10. The van der Waals surface area contributed by atoms with Crippen LogP contribution in [0.2, 0.25) is 0 Å². The first-order valence-corrected chi connectivity index (χ1v) is 27.5. The quantitative estimate of drug-likeness (QED) is 0.126. The maximum absolute atomic E-state index is 2.56. The van der Waals surface area contributed by atoms with Gasteiger partial charge in [-0.2, -0.15) is 0 Å². The number of hydrogen-bond acceptors (Lipinski definition) is 4. The van der Waals surface area contributed by atoms with Gasteiger partial charge in [-0.25, -0.2) is 0 Å². The number of anilines is 6. The highest BCUT2D eigenvalue weighted by Crippen LogP contribution is 2.54. The van der Waals surface area contributed by atoms with Crippen LogP contribution in [0.1, 0.15) is 50.7 Å². The van der Waals surface area contributed by atoms with Crippen LogP contribution in [0.5, 0.6) is 0 Å². The van der Waals surface area contributed by atoms with Gasteiger partial charge in [0.25, 0.3) is 0 Å². The molecule has 0 amide bonds. The standard InChI is InChI=1S/C70H52N2S2/c1-43(2)59-41-63(71(47-25-13-7-14-26-47)61-35-19-33-55-53-31-17-29-49(67(53)73-69(55)61)45-21-9-5-10-22-45)57-40-38-52-60(44(3)4)42-64(58-39-37-51(59)65(57)66(52)58)72(48-27-15-8-16-28-48)62-36-20-34-56-54-32-18-30-50(68(54)74-70(56)62)46-23-11-6-12-24-46/h5-44H,1-4H3. The molecule has 0 bridgehead atoms. The Morgan fingerprint density at radius 3 is 1.00 bits per heavy atom. The van der Waals surface area contributed by atoms with E-state index in [2.05, 4.69) is 268 Å². The molecule has 0 unspecified atom stereocenters. The summed E-state index contributed by atoms with van der Waals surface area (Å²) in [5.74, 6) is 0.529. The third-order valence-electron chi connectivity index (χ3n) is 15.3. The number of hydrogen-bond donors (Lipinski definition) is 0.